The number of benzene rings is 1. The number of hydrogen-bond acceptors (Lipinski definition) is 5. The van der Waals surface area contributed by atoms with Crippen molar-refractivity contribution in [3.05, 3.63) is 33.9 Å². The standard InChI is InChI=1S/C12H13NO5/c1-9(14)6-7-10-11(13(15)16)4-3-5-12(10)18-8-17-2/h3-5,9,14H,8H2,1-2H3/t9-/m1/s1. The molecule has 0 radical (unpaired) electrons. The Bertz CT molecular complexity index is 487. The van der Waals surface area contributed by atoms with Crippen LogP contribution in [0.25, 0.3) is 0 Å². The van der Waals surface area contributed by atoms with E-state index in [2.05, 4.69) is 11.8 Å². The SMILES string of the molecule is COCOc1cccc([N+](=O)[O-])c1C#C[C@@H](C)O. The molecule has 18 heavy (non-hydrogen) atoms. The highest BCUT2D eigenvalue weighted by atomic mass is 16.7. The molecule has 0 amide bonds. The van der Waals surface area contributed by atoms with Crippen molar-refractivity contribution < 1.29 is 19.5 Å². The van der Waals surface area contributed by atoms with E-state index in [0.29, 0.717) is 0 Å². The van der Waals surface area contributed by atoms with Gasteiger partial charge in [0, 0.05) is 13.2 Å². The lowest BCUT2D eigenvalue weighted by atomic mass is 10.1. The highest BCUT2D eigenvalue weighted by Crippen LogP contribution is 2.27. The van der Waals surface area contributed by atoms with E-state index in [4.69, 9.17) is 14.6 Å². The molecule has 0 aromatic heterocycles. The molecule has 0 aliphatic rings. The van der Waals surface area contributed by atoms with Crippen molar-refractivity contribution in [2.75, 3.05) is 13.9 Å². The number of hydrogen-bond donors (Lipinski definition) is 1. The van der Waals surface area contributed by atoms with Crippen LogP contribution >= 0.6 is 0 Å². The minimum Gasteiger partial charge on any atom is -0.466 e. The van der Waals surface area contributed by atoms with Gasteiger partial charge in [0.1, 0.15) is 17.4 Å². The van der Waals surface area contributed by atoms with Crippen LogP contribution in [0.15, 0.2) is 18.2 Å². The van der Waals surface area contributed by atoms with Crippen molar-refractivity contribution >= 4 is 5.69 Å². The molecule has 96 valence electrons. The molecule has 0 fully saturated rings. The zero-order chi connectivity index (χ0) is 13.5. The van der Waals surface area contributed by atoms with E-state index < -0.39 is 11.0 Å². The van der Waals surface area contributed by atoms with Crippen molar-refractivity contribution in [1.82, 2.24) is 0 Å². The van der Waals surface area contributed by atoms with Gasteiger partial charge < -0.3 is 14.6 Å². The third kappa shape index (κ3) is 3.73. The van der Waals surface area contributed by atoms with Gasteiger partial charge >= 0.3 is 0 Å². The Morgan fingerprint density at radius 2 is 2.28 bits per heavy atom. The lowest BCUT2D eigenvalue weighted by Crippen LogP contribution is -2.03. The summed E-state index contributed by atoms with van der Waals surface area (Å²) in [5.41, 5.74) is -0.0443. The van der Waals surface area contributed by atoms with Crippen LogP contribution in [0.3, 0.4) is 0 Å². The summed E-state index contributed by atoms with van der Waals surface area (Å²) in [5, 5.41) is 20.0. The topological polar surface area (TPSA) is 81.8 Å². The minimum absolute atomic E-state index is 0.0372. The number of nitro benzene ring substituents is 1. The molecule has 1 aromatic rings. The van der Waals surface area contributed by atoms with Crippen molar-refractivity contribution in [3.8, 4) is 17.6 Å². The Morgan fingerprint density at radius 1 is 1.56 bits per heavy atom. The Kier molecular flexibility index (Phi) is 5.11. The van der Waals surface area contributed by atoms with E-state index in [1.807, 2.05) is 0 Å². The maximum absolute atomic E-state index is 10.9. The Labute approximate surface area is 104 Å². The molecule has 0 saturated carbocycles. The smallest absolute Gasteiger partial charge is 0.288 e. The number of rotatable bonds is 4. The second-order valence-electron chi connectivity index (χ2n) is 3.40. The normalized spacial score (nSPS) is 11.3. The molecule has 0 heterocycles. The molecule has 6 nitrogen and oxygen atoms in total. The monoisotopic (exact) mass is 251 g/mol. The van der Waals surface area contributed by atoms with Gasteiger partial charge in [0.25, 0.3) is 5.69 Å². The Morgan fingerprint density at radius 3 is 2.83 bits per heavy atom. The van der Waals surface area contributed by atoms with E-state index in [9.17, 15) is 10.1 Å². The van der Waals surface area contributed by atoms with Crippen LogP contribution in [0.5, 0.6) is 5.75 Å². The highest BCUT2D eigenvalue weighted by molar-refractivity contribution is 5.59. The first-order valence-corrected chi connectivity index (χ1v) is 5.15. The summed E-state index contributed by atoms with van der Waals surface area (Å²) in [4.78, 5) is 10.3. The highest BCUT2D eigenvalue weighted by Gasteiger charge is 2.16. The van der Waals surface area contributed by atoms with E-state index in [1.54, 1.807) is 6.07 Å². The van der Waals surface area contributed by atoms with Crippen LogP contribution in [0.1, 0.15) is 12.5 Å². The zero-order valence-corrected chi connectivity index (χ0v) is 10.0. The number of aliphatic hydroxyl groups excluding tert-OH is 1. The Hall–Kier alpha value is -2.10. The first-order valence-electron chi connectivity index (χ1n) is 5.15. The summed E-state index contributed by atoms with van der Waals surface area (Å²) in [7, 11) is 1.44. The van der Waals surface area contributed by atoms with Crippen molar-refractivity contribution in [2.45, 2.75) is 13.0 Å². The van der Waals surface area contributed by atoms with Gasteiger partial charge in [-0.3, -0.25) is 10.1 Å². The van der Waals surface area contributed by atoms with E-state index in [1.165, 1.54) is 26.2 Å². The molecule has 1 N–H and O–H groups in total. The quantitative estimate of drug-likeness (QED) is 0.377. The van der Waals surface area contributed by atoms with Gasteiger partial charge in [0.2, 0.25) is 0 Å². The molecule has 6 heteroatoms. The predicted octanol–water partition coefficient (Wildman–Crippen LogP) is 1.31. The fraction of sp³-hybridized carbons (Fsp3) is 0.333. The van der Waals surface area contributed by atoms with E-state index >= 15 is 0 Å². The molecule has 0 spiro atoms. The van der Waals surface area contributed by atoms with Gasteiger partial charge in [-0.05, 0) is 13.0 Å². The Balaban J connectivity index is 3.22. The van der Waals surface area contributed by atoms with Crippen LogP contribution in [0, 0.1) is 22.0 Å². The predicted molar refractivity (Wildman–Crippen MR) is 64.2 cm³/mol. The molecule has 0 aliphatic carbocycles. The van der Waals surface area contributed by atoms with Crippen LogP contribution in [-0.2, 0) is 4.74 Å². The largest absolute Gasteiger partial charge is 0.466 e. The molecule has 1 rings (SSSR count). The van der Waals surface area contributed by atoms with Crippen molar-refractivity contribution in [3.63, 3.8) is 0 Å². The molecule has 0 aliphatic heterocycles. The van der Waals surface area contributed by atoms with Crippen LogP contribution in [0.4, 0.5) is 5.69 Å². The summed E-state index contributed by atoms with van der Waals surface area (Å²) < 4.78 is 9.94. The van der Waals surface area contributed by atoms with Crippen molar-refractivity contribution in [1.29, 1.82) is 0 Å². The molecular formula is C12H13NO5. The van der Waals surface area contributed by atoms with Gasteiger partial charge in [-0.25, -0.2) is 0 Å². The lowest BCUT2D eigenvalue weighted by molar-refractivity contribution is -0.385. The summed E-state index contributed by atoms with van der Waals surface area (Å²) in [6, 6.07) is 4.38. The van der Waals surface area contributed by atoms with Crippen molar-refractivity contribution in [2.24, 2.45) is 0 Å². The number of nitro groups is 1. The second kappa shape index (κ2) is 6.59. The molecular weight excluding hydrogens is 238 g/mol. The van der Waals surface area contributed by atoms with Crippen LogP contribution < -0.4 is 4.74 Å². The van der Waals surface area contributed by atoms with Gasteiger partial charge in [0.15, 0.2) is 6.79 Å². The van der Waals surface area contributed by atoms with Gasteiger partial charge in [0.05, 0.1) is 4.92 Å². The number of ether oxygens (including phenoxy) is 2. The second-order valence-corrected chi connectivity index (χ2v) is 3.40. The fourth-order valence-electron chi connectivity index (χ4n) is 1.22. The third-order valence-corrected chi connectivity index (χ3v) is 1.94. The zero-order valence-electron chi connectivity index (χ0n) is 10.0. The average Bonchev–Trinajstić information content (AvgIpc) is 2.33. The molecule has 0 bridgehead atoms. The summed E-state index contributed by atoms with van der Waals surface area (Å²) in [6.07, 6.45) is -0.875. The van der Waals surface area contributed by atoms with Gasteiger partial charge in [-0.1, -0.05) is 17.9 Å². The maximum Gasteiger partial charge on any atom is 0.288 e. The number of aliphatic hydroxyl groups is 1. The number of nitrogens with zero attached hydrogens (tertiary/aromatic N) is 1. The average molecular weight is 251 g/mol. The maximum atomic E-state index is 10.9. The molecule has 1 atom stereocenters. The van der Waals surface area contributed by atoms with E-state index in [0.717, 1.165) is 0 Å². The first kappa shape index (κ1) is 14.0. The molecule has 1 aromatic carbocycles. The first-order chi connectivity index (χ1) is 8.56. The fourth-order valence-corrected chi connectivity index (χ4v) is 1.22. The lowest BCUT2D eigenvalue weighted by Gasteiger charge is -2.07. The molecule has 0 unspecified atom stereocenters. The van der Waals surface area contributed by atoms with Crippen LogP contribution in [-0.4, -0.2) is 30.0 Å². The van der Waals surface area contributed by atoms with Gasteiger partial charge in [-0.15, -0.1) is 0 Å². The van der Waals surface area contributed by atoms with Crippen LogP contribution in [0.2, 0.25) is 0 Å². The van der Waals surface area contributed by atoms with E-state index in [-0.39, 0.29) is 23.8 Å². The summed E-state index contributed by atoms with van der Waals surface area (Å²) in [5.74, 6) is 5.25. The minimum atomic E-state index is -0.875. The third-order valence-electron chi connectivity index (χ3n) is 1.94. The summed E-state index contributed by atoms with van der Waals surface area (Å²) in [6.45, 7) is 1.43. The summed E-state index contributed by atoms with van der Waals surface area (Å²) >= 11 is 0. The van der Waals surface area contributed by atoms with Gasteiger partial charge in [-0.2, -0.15) is 0 Å². The number of methoxy groups -OCH3 is 1. The molecule has 0 saturated heterocycles.